The molecule has 0 spiro atoms. The zero-order valence-electron chi connectivity index (χ0n) is 11.3. The van der Waals surface area contributed by atoms with E-state index in [0.717, 1.165) is 30.8 Å². The van der Waals surface area contributed by atoms with E-state index in [4.69, 9.17) is 5.11 Å². The van der Waals surface area contributed by atoms with Gasteiger partial charge < -0.3 is 10.0 Å². The highest BCUT2D eigenvalue weighted by Gasteiger charge is 2.02. The van der Waals surface area contributed by atoms with Crippen molar-refractivity contribution in [2.24, 2.45) is 0 Å². The molecule has 2 aromatic rings. The van der Waals surface area contributed by atoms with Crippen LogP contribution in [0.1, 0.15) is 16.8 Å². The molecule has 1 N–H and O–H groups in total. The van der Waals surface area contributed by atoms with Gasteiger partial charge in [0.1, 0.15) is 0 Å². The summed E-state index contributed by atoms with van der Waals surface area (Å²) in [6.45, 7) is 2.01. The Morgan fingerprint density at radius 1 is 1.05 bits per heavy atom. The lowest BCUT2D eigenvalue weighted by Crippen LogP contribution is -2.21. The SMILES string of the molecule is CN(CCc1ccccn1)Cc1ccc(CO)cc1. The van der Waals surface area contributed by atoms with Crippen molar-refractivity contribution in [2.45, 2.75) is 19.6 Å². The van der Waals surface area contributed by atoms with E-state index < -0.39 is 0 Å². The van der Waals surface area contributed by atoms with Crippen LogP contribution in [0.4, 0.5) is 0 Å². The largest absolute Gasteiger partial charge is 0.392 e. The van der Waals surface area contributed by atoms with Crippen molar-refractivity contribution in [1.29, 1.82) is 0 Å². The third-order valence-corrected chi connectivity index (χ3v) is 3.13. The van der Waals surface area contributed by atoms with Crippen LogP contribution >= 0.6 is 0 Å². The molecule has 0 atom stereocenters. The van der Waals surface area contributed by atoms with Gasteiger partial charge >= 0.3 is 0 Å². The molecule has 3 nitrogen and oxygen atoms in total. The van der Waals surface area contributed by atoms with E-state index in [2.05, 4.69) is 35.1 Å². The Morgan fingerprint density at radius 3 is 2.42 bits per heavy atom. The number of hydrogen-bond donors (Lipinski definition) is 1. The molecule has 0 bridgehead atoms. The molecule has 0 radical (unpaired) electrons. The van der Waals surface area contributed by atoms with E-state index in [9.17, 15) is 0 Å². The molecule has 0 aliphatic carbocycles. The quantitative estimate of drug-likeness (QED) is 0.861. The van der Waals surface area contributed by atoms with Crippen molar-refractivity contribution in [1.82, 2.24) is 9.88 Å². The van der Waals surface area contributed by atoms with Crippen molar-refractivity contribution in [3.05, 3.63) is 65.5 Å². The molecule has 0 aliphatic rings. The monoisotopic (exact) mass is 256 g/mol. The van der Waals surface area contributed by atoms with Gasteiger partial charge in [0.15, 0.2) is 0 Å². The van der Waals surface area contributed by atoms with Crippen LogP contribution in [0.15, 0.2) is 48.7 Å². The van der Waals surface area contributed by atoms with Crippen LogP contribution in [0, 0.1) is 0 Å². The lowest BCUT2D eigenvalue weighted by molar-refractivity contribution is 0.281. The molecule has 100 valence electrons. The van der Waals surface area contributed by atoms with Gasteiger partial charge in [0.05, 0.1) is 6.61 Å². The third kappa shape index (κ3) is 4.47. The number of aliphatic hydroxyl groups is 1. The first-order valence-electron chi connectivity index (χ1n) is 6.55. The highest BCUT2D eigenvalue weighted by Crippen LogP contribution is 2.07. The van der Waals surface area contributed by atoms with Crippen molar-refractivity contribution in [2.75, 3.05) is 13.6 Å². The first-order valence-corrected chi connectivity index (χ1v) is 6.55. The fraction of sp³-hybridized carbons (Fsp3) is 0.312. The van der Waals surface area contributed by atoms with Crippen molar-refractivity contribution in [3.63, 3.8) is 0 Å². The molecule has 0 aliphatic heterocycles. The Balaban J connectivity index is 1.82. The molecule has 1 heterocycles. The molecular weight excluding hydrogens is 236 g/mol. The number of pyridine rings is 1. The summed E-state index contributed by atoms with van der Waals surface area (Å²) in [5.74, 6) is 0. The maximum atomic E-state index is 9.00. The molecule has 1 aromatic carbocycles. The summed E-state index contributed by atoms with van der Waals surface area (Å²) in [4.78, 5) is 6.61. The maximum Gasteiger partial charge on any atom is 0.0681 e. The fourth-order valence-electron chi connectivity index (χ4n) is 1.99. The zero-order chi connectivity index (χ0) is 13.5. The van der Waals surface area contributed by atoms with Crippen molar-refractivity contribution >= 4 is 0 Å². The third-order valence-electron chi connectivity index (χ3n) is 3.13. The highest BCUT2D eigenvalue weighted by atomic mass is 16.3. The second-order valence-electron chi connectivity index (χ2n) is 4.78. The second kappa shape index (κ2) is 7.02. The van der Waals surface area contributed by atoms with Gasteiger partial charge in [0.2, 0.25) is 0 Å². The standard InChI is InChI=1S/C16H20N2O/c1-18(11-9-16-4-2-3-10-17-16)12-14-5-7-15(13-19)8-6-14/h2-8,10,19H,9,11-13H2,1H3. The molecule has 0 fully saturated rings. The highest BCUT2D eigenvalue weighted by molar-refractivity contribution is 5.21. The van der Waals surface area contributed by atoms with Crippen molar-refractivity contribution in [3.8, 4) is 0 Å². The first-order chi connectivity index (χ1) is 9.28. The number of hydrogen-bond acceptors (Lipinski definition) is 3. The molecule has 3 heteroatoms. The Labute approximate surface area is 114 Å². The predicted molar refractivity (Wildman–Crippen MR) is 76.6 cm³/mol. The van der Waals surface area contributed by atoms with Gasteiger partial charge in [-0.3, -0.25) is 4.98 Å². The number of aliphatic hydroxyl groups excluding tert-OH is 1. The summed E-state index contributed by atoms with van der Waals surface area (Å²) in [5, 5.41) is 9.00. The van der Waals surface area contributed by atoms with Gasteiger partial charge in [-0.05, 0) is 30.3 Å². The lowest BCUT2D eigenvalue weighted by Gasteiger charge is -2.16. The van der Waals surface area contributed by atoms with Gasteiger partial charge in [-0.2, -0.15) is 0 Å². The minimum Gasteiger partial charge on any atom is -0.392 e. The van der Waals surface area contributed by atoms with Crippen LogP contribution in [0.5, 0.6) is 0 Å². The Bertz CT molecular complexity index is 482. The van der Waals surface area contributed by atoms with E-state index in [0.29, 0.717) is 0 Å². The van der Waals surface area contributed by atoms with E-state index in [-0.39, 0.29) is 6.61 Å². The average molecular weight is 256 g/mol. The molecule has 19 heavy (non-hydrogen) atoms. The lowest BCUT2D eigenvalue weighted by atomic mass is 10.1. The normalized spacial score (nSPS) is 10.9. The number of rotatable bonds is 6. The van der Waals surface area contributed by atoms with E-state index in [1.165, 1.54) is 5.56 Å². The van der Waals surface area contributed by atoms with E-state index in [1.807, 2.05) is 30.5 Å². The average Bonchev–Trinajstić information content (AvgIpc) is 2.47. The summed E-state index contributed by atoms with van der Waals surface area (Å²) < 4.78 is 0. The molecule has 1 aromatic heterocycles. The number of aromatic nitrogens is 1. The van der Waals surface area contributed by atoms with Gasteiger partial charge in [-0.1, -0.05) is 30.3 Å². The predicted octanol–water partition coefficient (Wildman–Crippen LogP) is 2.25. The summed E-state index contributed by atoms with van der Waals surface area (Å²) in [7, 11) is 2.11. The number of likely N-dealkylation sites (N-methyl/N-ethyl adjacent to an activating group) is 1. The summed E-state index contributed by atoms with van der Waals surface area (Å²) in [6, 6.07) is 14.1. The van der Waals surface area contributed by atoms with Crippen LogP contribution in [0.2, 0.25) is 0 Å². The minimum atomic E-state index is 0.107. The molecular formula is C16H20N2O. The molecule has 0 saturated carbocycles. The smallest absolute Gasteiger partial charge is 0.0681 e. The zero-order valence-corrected chi connectivity index (χ0v) is 11.3. The Hall–Kier alpha value is -1.71. The second-order valence-corrected chi connectivity index (χ2v) is 4.78. The first kappa shape index (κ1) is 13.7. The van der Waals surface area contributed by atoms with Crippen LogP contribution < -0.4 is 0 Å². The number of nitrogens with zero attached hydrogens (tertiary/aromatic N) is 2. The molecule has 0 amide bonds. The van der Waals surface area contributed by atoms with Crippen molar-refractivity contribution < 1.29 is 5.11 Å². The topological polar surface area (TPSA) is 36.4 Å². The minimum absolute atomic E-state index is 0.107. The van der Waals surface area contributed by atoms with Gasteiger partial charge in [0, 0.05) is 31.4 Å². The van der Waals surface area contributed by atoms with Crippen LogP contribution in [-0.4, -0.2) is 28.6 Å². The Kier molecular flexibility index (Phi) is 5.07. The van der Waals surface area contributed by atoms with E-state index in [1.54, 1.807) is 0 Å². The van der Waals surface area contributed by atoms with Crippen LogP contribution in [-0.2, 0) is 19.6 Å². The molecule has 2 rings (SSSR count). The summed E-state index contributed by atoms with van der Waals surface area (Å²) >= 11 is 0. The van der Waals surface area contributed by atoms with Gasteiger partial charge in [-0.15, -0.1) is 0 Å². The Morgan fingerprint density at radius 2 is 1.79 bits per heavy atom. The van der Waals surface area contributed by atoms with Gasteiger partial charge in [0.25, 0.3) is 0 Å². The van der Waals surface area contributed by atoms with Crippen LogP contribution in [0.3, 0.4) is 0 Å². The van der Waals surface area contributed by atoms with Gasteiger partial charge in [-0.25, -0.2) is 0 Å². The van der Waals surface area contributed by atoms with Crippen LogP contribution in [0.25, 0.3) is 0 Å². The molecule has 0 unspecified atom stereocenters. The summed E-state index contributed by atoms with van der Waals surface area (Å²) in [5.41, 5.74) is 3.35. The maximum absolute atomic E-state index is 9.00. The summed E-state index contributed by atoms with van der Waals surface area (Å²) in [6.07, 6.45) is 2.80. The fourth-order valence-corrected chi connectivity index (χ4v) is 1.99. The van der Waals surface area contributed by atoms with E-state index >= 15 is 0 Å². The number of benzene rings is 1. The molecule has 0 saturated heterocycles.